The predicted molar refractivity (Wildman–Crippen MR) is 103 cm³/mol. The number of benzene rings is 2. The molecule has 1 N–H and O–H groups in total. The average molecular weight is 363 g/mol. The summed E-state index contributed by atoms with van der Waals surface area (Å²) in [5.41, 5.74) is 1.88. The van der Waals surface area contributed by atoms with Crippen molar-refractivity contribution in [2.24, 2.45) is 0 Å². The minimum Gasteiger partial charge on any atom is -0.377 e. The summed E-state index contributed by atoms with van der Waals surface area (Å²) < 4.78 is 0. The maximum atomic E-state index is 12.7. The molecule has 3 aromatic rings. The number of hydrogen-bond donors (Lipinski definition) is 1. The Morgan fingerprint density at radius 1 is 1.07 bits per heavy atom. The zero-order valence-electron chi connectivity index (χ0n) is 14.8. The lowest BCUT2D eigenvalue weighted by Crippen LogP contribution is -2.19. The van der Waals surface area contributed by atoms with Gasteiger partial charge in [-0.1, -0.05) is 30.3 Å². The van der Waals surface area contributed by atoms with Crippen LogP contribution in [0.1, 0.15) is 10.4 Å². The number of carbonyl (C=O) groups excluding carboxylic acids is 1. The molecule has 8 heteroatoms. The standard InChI is InChI=1S/C19H17N5O3/c1-23(2)17-9-8-15(24(26)27)10-16(17)19(25)22-14-11-20-18(21-12-14)13-6-4-3-5-7-13/h3-12H,1-2H3,(H,22,25). The van der Waals surface area contributed by atoms with E-state index in [1.165, 1.54) is 24.5 Å². The van der Waals surface area contributed by atoms with Crippen molar-refractivity contribution in [2.45, 2.75) is 0 Å². The van der Waals surface area contributed by atoms with Gasteiger partial charge in [0.2, 0.25) is 0 Å². The van der Waals surface area contributed by atoms with Crippen molar-refractivity contribution >= 4 is 23.0 Å². The summed E-state index contributed by atoms with van der Waals surface area (Å²) in [6.07, 6.45) is 3.00. The molecule has 0 fully saturated rings. The number of anilines is 2. The Bertz CT molecular complexity index is 972. The van der Waals surface area contributed by atoms with Gasteiger partial charge in [-0.2, -0.15) is 0 Å². The molecule has 0 aliphatic heterocycles. The smallest absolute Gasteiger partial charge is 0.270 e. The fourth-order valence-corrected chi connectivity index (χ4v) is 2.54. The van der Waals surface area contributed by atoms with Gasteiger partial charge >= 0.3 is 0 Å². The third-order valence-electron chi connectivity index (χ3n) is 3.86. The van der Waals surface area contributed by atoms with Gasteiger partial charge in [0.15, 0.2) is 5.82 Å². The Kier molecular flexibility index (Phi) is 5.07. The first kappa shape index (κ1) is 18.0. The monoisotopic (exact) mass is 363 g/mol. The first-order chi connectivity index (χ1) is 13.0. The van der Waals surface area contributed by atoms with Gasteiger partial charge in [-0.05, 0) is 6.07 Å². The molecule has 0 aliphatic rings. The number of nitrogens with zero attached hydrogens (tertiary/aromatic N) is 4. The van der Waals surface area contributed by atoms with Gasteiger partial charge in [-0.3, -0.25) is 14.9 Å². The van der Waals surface area contributed by atoms with Crippen LogP contribution in [0, 0.1) is 10.1 Å². The van der Waals surface area contributed by atoms with E-state index in [9.17, 15) is 14.9 Å². The number of nitro benzene ring substituents is 1. The molecule has 1 aromatic heterocycles. The Morgan fingerprint density at radius 3 is 2.33 bits per heavy atom. The van der Waals surface area contributed by atoms with Gasteiger partial charge in [0.25, 0.3) is 11.6 Å². The highest BCUT2D eigenvalue weighted by Gasteiger charge is 2.18. The summed E-state index contributed by atoms with van der Waals surface area (Å²) in [6, 6.07) is 13.6. The highest BCUT2D eigenvalue weighted by molar-refractivity contribution is 6.08. The molecular formula is C19H17N5O3. The van der Waals surface area contributed by atoms with Gasteiger partial charge in [0.05, 0.1) is 28.6 Å². The molecule has 0 unspecified atom stereocenters. The predicted octanol–water partition coefficient (Wildman–Crippen LogP) is 3.37. The van der Waals surface area contributed by atoms with Crippen LogP contribution in [0.2, 0.25) is 0 Å². The van der Waals surface area contributed by atoms with Gasteiger partial charge in [0, 0.05) is 37.5 Å². The van der Waals surface area contributed by atoms with Crippen LogP contribution in [-0.2, 0) is 0 Å². The number of nitrogens with one attached hydrogen (secondary N) is 1. The Labute approximate surface area is 155 Å². The van der Waals surface area contributed by atoms with E-state index in [2.05, 4.69) is 15.3 Å². The molecule has 1 heterocycles. The minimum absolute atomic E-state index is 0.151. The topological polar surface area (TPSA) is 101 Å². The number of nitro groups is 1. The van der Waals surface area contributed by atoms with Crippen molar-refractivity contribution in [3.8, 4) is 11.4 Å². The number of rotatable bonds is 5. The van der Waals surface area contributed by atoms with Crippen molar-refractivity contribution in [3.63, 3.8) is 0 Å². The molecular weight excluding hydrogens is 346 g/mol. The van der Waals surface area contributed by atoms with E-state index in [1.54, 1.807) is 25.1 Å². The van der Waals surface area contributed by atoms with Crippen LogP contribution in [0.5, 0.6) is 0 Å². The second-order valence-corrected chi connectivity index (χ2v) is 5.97. The minimum atomic E-state index is -0.534. The lowest BCUT2D eigenvalue weighted by atomic mass is 10.1. The SMILES string of the molecule is CN(C)c1ccc([N+](=O)[O-])cc1C(=O)Nc1cnc(-c2ccccc2)nc1. The van der Waals surface area contributed by atoms with E-state index in [4.69, 9.17) is 0 Å². The third-order valence-corrected chi connectivity index (χ3v) is 3.86. The van der Waals surface area contributed by atoms with Crippen LogP contribution >= 0.6 is 0 Å². The number of hydrogen-bond acceptors (Lipinski definition) is 6. The highest BCUT2D eigenvalue weighted by atomic mass is 16.6. The van der Waals surface area contributed by atoms with Crippen LogP contribution in [0.4, 0.5) is 17.1 Å². The van der Waals surface area contributed by atoms with Gasteiger partial charge in [0.1, 0.15) is 0 Å². The van der Waals surface area contributed by atoms with Crippen molar-refractivity contribution in [1.82, 2.24) is 9.97 Å². The van der Waals surface area contributed by atoms with Crippen LogP contribution < -0.4 is 10.2 Å². The van der Waals surface area contributed by atoms with E-state index in [-0.39, 0.29) is 11.3 Å². The van der Waals surface area contributed by atoms with E-state index in [1.807, 2.05) is 30.3 Å². The molecule has 0 bridgehead atoms. The zero-order valence-corrected chi connectivity index (χ0v) is 14.8. The summed E-state index contributed by atoms with van der Waals surface area (Å²) in [5, 5.41) is 13.7. The van der Waals surface area contributed by atoms with Crippen LogP contribution in [0.15, 0.2) is 60.9 Å². The maximum Gasteiger partial charge on any atom is 0.270 e. The first-order valence-corrected chi connectivity index (χ1v) is 8.10. The fraction of sp³-hybridized carbons (Fsp3) is 0.105. The largest absolute Gasteiger partial charge is 0.377 e. The second-order valence-electron chi connectivity index (χ2n) is 5.97. The zero-order chi connectivity index (χ0) is 19.4. The average Bonchev–Trinajstić information content (AvgIpc) is 2.68. The summed E-state index contributed by atoms with van der Waals surface area (Å²) in [4.78, 5) is 33.4. The van der Waals surface area contributed by atoms with E-state index < -0.39 is 10.8 Å². The van der Waals surface area contributed by atoms with E-state index in [0.29, 0.717) is 17.2 Å². The van der Waals surface area contributed by atoms with Crippen LogP contribution in [-0.4, -0.2) is 34.9 Å². The molecule has 0 spiro atoms. The van der Waals surface area contributed by atoms with Gasteiger partial charge in [-0.15, -0.1) is 0 Å². The summed E-state index contributed by atoms with van der Waals surface area (Å²) in [5.74, 6) is 0.0661. The van der Waals surface area contributed by atoms with Gasteiger partial charge in [-0.25, -0.2) is 9.97 Å². The van der Waals surface area contributed by atoms with Crippen molar-refractivity contribution in [3.05, 3.63) is 76.6 Å². The number of amides is 1. The normalized spacial score (nSPS) is 10.3. The summed E-state index contributed by atoms with van der Waals surface area (Å²) in [6.45, 7) is 0. The maximum absolute atomic E-state index is 12.7. The van der Waals surface area contributed by atoms with Crippen molar-refractivity contribution in [2.75, 3.05) is 24.3 Å². The highest BCUT2D eigenvalue weighted by Crippen LogP contribution is 2.25. The first-order valence-electron chi connectivity index (χ1n) is 8.10. The molecule has 0 saturated carbocycles. The Balaban J connectivity index is 1.85. The fourth-order valence-electron chi connectivity index (χ4n) is 2.54. The lowest BCUT2D eigenvalue weighted by molar-refractivity contribution is -0.384. The quantitative estimate of drug-likeness (QED) is 0.551. The molecule has 0 aliphatic carbocycles. The number of non-ortho nitro benzene ring substituents is 1. The molecule has 27 heavy (non-hydrogen) atoms. The van der Waals surface area contributed by atoms with Crippen molar-refractivity contribution in [1.29, 1.82) is 0 Å². The van der Waals surface area contributed by atoms with E-state index in [0.717, 1.165) is 5.56 Å². The van der Waals surface area contributed by atoms with Gasteiger partial charge < -0.3 is 10.2 Å². The Hall–Kier alpha value is -3.81. The van der Waals surface area contributed by atoms with E-state index >= 15 is 0 Å². The van der Waals surface area contributed by atoms with Crippen LogP contribution in [0.3, 0.4) is 0 Å². The number of aromatic nitrogens is 2. The summed E-state index contributed by atoms with van der Waals surface area (Å²) >= 11 is 0. The third kappa shape index (κ3) is 4.06. The number of carbonyl (C=O) groups is 1. The molecule has 0 radical (unpaired) electrons. The van der Waals surface area contributed by atoms with Crippen LogP contribution in [0.25, 0.3) is 11.4 Å². The molecule has 3 rings (SSSR count). The molecule has 0 saturated heterocycles. The molecule has 2 aromatic carbocycles. The van der Waals surface area contributed by atoms with Crippen molar-refractivity contribution < 1.29 is 9.72 Å². The second kappa shape index (κ2) is 7.61. The Morgan fingerprint density at radius 2 is 1.74 bits per heavy atom. The summed E-state index contributed by atoms with van der Waals surface area (Å²) in [7, 11) is 3.52. The molecule has 1 amide bonds. The molecule has 8 nitrogen and oxygen atoms in total. The molecule has 136 valence electrons. The lowest BCUT2D eigenvalue weighted by Gasteiger charge is -2.16. The molecule has 0 atom stereocenters.